The highest BCUT2D eigenvalue weighted by Crippen LogP contribution is 2.37. The Bertz CT molecular complexity index is 1470. The zero-order chi connectivity index (χ0) is 30.3. The second-order valence-corrected chi connectivity index (χ2v) is 11.3. The van der Waals surface area contributed by atoms with Crippen LogP contribution in [0.1, 0.15) is 62.4 Å². The van der Waals surface area contributed by atoms with Crippen LogP contribution < -0.4 is 16.0 Å². The van der Waals surface area contributed by atoms with Crippen LogP contribution in [0.2, 0.25) is 0 Å². The summed E-state index contributed by atoms with van der Waals surface area (Å²) in [7, 11) is 1.49. The molecule has 41 heavy (non-hydrogen) atoms. The van der Waals surface area contributed by atoms with E-state index in [0.717, 1.165) is 12.1 Å². The number of nitrogens with zero attached hydrogens (tertiary/aromatic N) is 2. The van der Waals surface area contributed by atoms with Gasteiger partial charge in [-0.1, -0.05) is 26.8 Å². The summed E-state index contributed by atoms with van der Waals surface area (Å²) in [6.07, 6.45) is -4.29. The van der Waals surface area contributed by atoms with Crippen LogP contribution in [0.15, 0.2) is 24.3 Å². The van der Waals surface area contributed by atoms with Gasteiger partial charge in [-0.15, -0.1) is 0 Å². The normalized spacial score (nSPS) is 17.9. The minimum Gasteiger partial charge on any atom is -0.351 e. The predicted molar refractivity (Wildman–Crippen MR) is 141 cm³/mol. The summed E-state index contributed by atoms with van der Waals surface area (Å²) >= 11 is 0. The van der Waals surface area contributed by atoms with Gasteiger partial charge in [-0.2, -0.15) is 13.2 Å². The molecule has 2 aromatic carbocycles. The van der Waals surface area contributed by atoms with E-state index < -0.39 is 52.6 Å². The van der Waals surface area contributed by atoms with E-state index >= 15 is 4.39 Å². The number of hydrogen-bond acceptors (Lipinski definition) is 4. The molecule has 0 unspecified atom stereocenters. The summed E-state index contributed by atoms with van der Waals surface area (Å²) in [5.74, 6) is -5.33. The molecule has 1 fully saturated rings. The van der Waals surface area contributed by atoms with E-state index in [9.17, 15) is 31.5 Å². The van der Waals surface area contributed by atoms with Crippen molar-refractivity contribution >= 4 is 34.5 Å². The predicted octanol–water partition coefficient (Wildman–Crippen LogP) is 6.25. The second kappa shape index (κ2) is 11.2. The smallest absolute Gasteiger partial charge is 0.351 e. The molecule has 1 saturated carbocycles. The van der Waals surface area contributed by atoms with E-state index in [4.69, 9.17) is 0 Å². The molecular formula is C28H31F6N5O2. The quantitative estimate of drug-likeness (QED) is 0.300. The molecule has 1 aromatic heterocycles. The number of carbonyl (C=O) groups excluding carboxylic acids is 2. The van der Waals surface area contributed by atoms with Crippen LogP contribution in [0.25, 0.3) is 11.0 Å². The van der Waals surface area contributed by atoms with E-state index in [0.29, 0.717) is 0 Å². The zero-order valence-electron chi connectivity index (χ0n) is 23.0. The number of rotatable bonds is 6. The van der Waals surface area contributed by atoms with Crippen LogP contribution in [0, 0.1) is 28.8 Å². The number of hydrogen-bond donors (Lipinski definition) is 3. The molecule has 2 amide bonds. The maximum absolute atomic E-state index is 15.2. The van der Waals surface area contributed by atoms with E-state index in [1.54, 1.807) is 20.8 Å². The van der Waals surface area contributed by atoms with E-state index in [2.05, 4.69) is 20.9 Å². The van der Waals surface area contributed by atoms with Gasteiger partial charge in [0.15, 0.2) is 5.82 Å². The molecule has 222 valence electrons. The molecule has 3 N–H and O–H groups in total. The lowest BCUT2D eigenvalue weighted by atomic mass is 9.85. The third kappa shape index (κ3) is 6.59. The van der Waals surface area contributed by atoms with Gasteiger partial charge in [0.1, 0.15) is 17.3 Å². The molecule has 0 bridgehead atoms. The van der Waals surface area contributed by atoms with Gasteiger partial charge in [0.25, 0.3) is 5.91 Å². The highest BCUT2D eigenvalue weighted by atomic mass is 19.4. The van der Waals surface area contributed by atoms with Crippen LogP contribution in [0.3, 0.4) is 0 Å². The van der Waals surface area contributed by atoms with Crippen LogP contribution in [0.5, 0.6) is 0 Å². The summed E-state index contributed by atoms with van der Waals surface area (Å²) in [6.45, 7) is 4.91. The molecule has 0 radical (unpaired) electrons. The first-order chi connectivity index (χ1) is 19.1. The Labute approximate surface area is 232 Å². The van der Waals surface area contributed by atoms with Crippen molar-refractivity contribution in [3.05, 3.63) is 52.8 Å². The Morgan fingerprint density at radius 3 is 2.27 bits per heavy atom. The van der Waals surface area contributed by atoms with Gasteiger partial charge in [0.2, 0.25) is 11.9 Å². The second-order valence-electron chi connectivity index (χ2n) is 11.3. The number of aryl methyl sites for hydroxylation is 1. The van der Waals surface area contributed by atoms with Gasteiger partial charge in [0, 0.05) is 36.7 Å². The Balaban J connectivity index is 1.53. The third-order valence-electron chi connectivity index (χ3n) is 7.27. The lowest BCUT2D eigenvalue weighted by Crippen LogP contribution is -2.40. The number of imidazole rings is 1. The zero-order valence-corrected chi connectivity index (χ0v) is 23.0. The van der Waals surface area contributed by atoms with Crippen molar-refractivity contribution in [3.8, 4) is 0 Å². The summed E-state index contributed by atoms with van der Waals surface area (Å²) in [5.41, 5.74) is -1.19. The molecule has 0 atom stereocenters. The molecular weight excluding hydrogens is 552 g/mol. The van der Waals surface area contributed by atoms with Crippen molar-refractivity contribution in [2.24, 2.45) is 18.4 Å². The first-order valence-electron chi connectivity index (χ1n) is 13.1. The van der Waals surface area contributed by atoms with Gasteiger partial charge >= 0.3 is 6.18 Å². The highest BCUT2D eigenvalue weighted by Gasteiger charge is 2.41. The number of nitrogens with one attached hydrogen (secondary N) is 3. The van der Waals surface area contributed by atoms with Gasteiger partial charge in [0.05, 0.1) is 22.5 Å². The molecule has 1 aliphatic carbocycles. The molecule has 0 aliphatic heterocycles. The van der Waals surface area contributed by atoms with Crippen LogP contribution in [0.4, 0.5) is 38.0 Å². The van der Waals surface area contributed by atoms with Gasteiger partial charge in [-0.3, -0.25) is 9.59 Å². The fourth-order valence-electron chi connectivity index (χ4n) is 4.73. The van der Waals surface area contributed by atoms with Crippen LogP contribution in [-0.2, 0) is 18.4 Å². The fraction of sp³-hybridized carbons (Fsp3) is 0.464. The molecule has 0 saturated heterocycles. The van der Waals surface area contributed by atoms with Crippen LogP contribution in [-0.4, -0.2) is 33.6 Å². The number of fused-ring (bicyclic) bond motifs is 1. The van der Waals surface area contributed by atoms with E-state index in [-0.39, 0.29) is 66.2 Å². The van der Waals surface area contributed by atoms with Crippen molar-refractivity contribution < 1.29 is 35.9 Å². The van der Waals surface area contributed by atoms with E-state index in [1.165, 1.54) is 23.7 Å². The maximum atomic E-state index is 15.2. The fourth-order valence-corrected chi connectivity index (χ4v) is 4.73. The summed E-state index contributed by atoms with van der Waals surface area (Å²) in [6, 6.07) is 3.95. The monoisotopic (exact) mass is 583 g/mol. The third-order valence-corrected chi connectivity index (χ3v) is 7.27. The van der Waals surface area contributed by atoms with Crippen molar-refractivity contribution in [2.45, 2.75) is 65.2 Å². The SMILES string of the molecule is Cn1c(Nc2c(F)ccc(CNC(=O)C(C)(C)C)c2F)nc2cc(C(=O)NC3CCC(C(F)(F)F)CC3)c(F)cc21. The summed E-state index contributed by atoms with van der Waals surface area (Å²) in [5, 5.41) is 7.78. The number of anilines is 2. The minimum absolute atomic E-state index is 0.0273. The largest absolute Gasteiger partial charge is 0.391 e. The Morgan fingerprint density at radius 2 is 1.66 bits per heavy atom. The van der Waals surface area contributed by atoms with Gasteiger partial charge in [-0.05, 0) is 37.8 Å². The average molecular weight is 584 g/mol. The van der Waals surface area contributed by atoms with E-state index in [1.807, 2.05) is 0 Å². The Morgan fingerprint density at radius 1 is 1.00 bits per heavy atom. The van der Waals surface area contributed by atoms with Gasteiger partial charge in [-0.25, -0.2) is 18.2 Å². The molecule has 7 nitrogen and oxygen atoms in total. The Kier molecular flexibility index (Phi) is 8.28. The number of carbonyl (C=O) groups is 2. The Hall–Kier alpha value is -3.77. The topological polar surface area (TPSA) is 88.1 Å². The molecule has 1 aliphatic rings. The average Bonchev–Trinajstić information content (AvgIpc) is 3.18. The minimum atomic E-state index is -4.29. The molecule has 3 aromatic rings. The molecule has 0 spiro atoms. The first kappa shape index (κ1) is 30.2. The number of halogens is 6. The van der Waals surface area contributed by atoms with Crippen molar-refractivity contribution in [3.63, 3.8) is 0 Å². The van der Waals surface area contributed by atoms with Gasteiger partial charge < -0.3 is 20.5 Å². The molecule has 13 heteroatoms. The van der Waals surface area contributed by atoms with Crippen molar-refractivity contribution in [2.75, 3.05) is 5.32 Å². The summed E-state index contributed by atoms with van der Waals surface area (Å²) < 4.78 is 85.0. The molecule has 4 rings (SSSR count). The lowest BCUT2D eigenvalue weighted by Gasteiger charge is -2.30. The lowest BCUT2D eigenvalue weighted by molar-refractivity contribution is -0.182. The number of aromatic nitrogens is 2. The number of amides is 2. The highest BCUT2D eigenvalue weighted by molar-refractivity contribution is 5.98. The first-order valence-corrected chi connectivity index (χ1v) is 13.1. The van der Waals surface area contributed by atoms with Crippen molar-refractivity contribution in [1.29, 1.82) is 0 Å². The molecule has 1 heterocycles. The number of benzene rings is 2. The maximum Gasteiger partial charge on any atom is 0.391 e. The van der Waals surface area contributed by atoms with Crippen molar-refractivity contribution in [1.82, 2.24) is 20.2 Å². The van der Waals surface area contributed by atoms with Crippen LogP contribution >= 0.6 is 0 Å². The standard InChI is InChI=1S/C28H31F6N5O2/c1-27(2,3)25(41)35-13-14-5-10-18(29)23(22(14)31)38-26-37-20-11-17(19(30)12-21(20)39(26)4)24(40)36-16-8-6-15(7-9-16)28(32,33)34/h5,10-12,15-16H,6-9,13H2,1-4H3,(H,35,41)(H,36,40)(H,37,38). The summed E-state index contributed by atoms with van der Waals surface area (Å²) in [4.78, 5) is 29.2. The number of alkyl halides is 3.